The van der Waals surface area contributed by atoms with Crippen molar-refractivity contribution in [3.63, 3.8) is 0 Å². The van der Waals surface area contributed by atoms with E-state index >= 15 is 0 Å². The van der Waals surface area contributed by atoms with E-state index < -0.39 is 0 Å². The maximum Gasteiger partial charge on any atom is 0.108 e. The lowest BCUT2D eigenvalue weighted by Gasteiger charge is -2.21. The van der Waals surface area contributed by atoms with Crippen LogP contribution < -0.4 is 11.2 Å². The zero-order chi connectivity index (χ0) is 13.1. The summed E-state index contributed by atoms with van der Waals surface area (Å²) in [7, 11) is 0. The van der Waals surface area contributed by atoms with Crippen molar-refractivity contribution < 1.29 is 0 Å². The van der Waals surface area contributed by atoms with Gasteiger partial charge in [0, 0.05) is 30.7 Å². The van der Waals surface area contributed by atoms with Gasteiger partial charge in [-0.15, -0.1) is 0 Å². The number of hydrogen-bond acceptors (Lipinski definition) is 4. The summed E-state index contributed by atoms with van der Waals surface area (Å²) >= 11 is 0. The van der Waals surface area contributed by atoms with Gasteiger partial charge in [0.25, 0.3) is 0 Å². The van der Waals surface area contributed by atoms with Gasteiger partial charge in [0.1, 0.15) is 6.04 Å². The average molecular weight is 252 g/mol. The van der Waals surface area contributed by atoms with E-state index in [9.17, 15) is 0 Å². The normalized spacial score (nSPS) is 25.6. The Morgan fingerprint density at radius 3 is 3.00 bits per heavy atom. The molecule has 3 atom stereocenters. The van der Waals surface area contributed by atoms with E-state index in [-0.39, 0.29) is 6.04 Å². The molecule has 1 aromatic carbocycles. The minimum Gasteiger partial charge on any atom is -0.313 e. The lowest BCUT2D eigenvalue weighted by Crippen LogP contribution is -2.40. The molecule has 4 nitrogen and oxygen atoms in total. The number of nitrogens with zero attached hydrogens (tertiary/aromatic N) is 2. The number of hydrazone groups is 1. The van der Waals surface area contributed by atoms with E-state index in [4.69, 9.17) is 5.73 Å². The topological polar surface area (TPSA) is 62.8 Å². The van der Waals surface area contributed by atoms with Crippen molar-refractivity contribution in [1.29, 1.82) is 0 Å². The fourth-order valence-electron chi connectivity index (χ4n) is 2.41. The number of nitrogens with one attached hydrogen (secondary N) is 1. The second-order valence-electron chi connectivity index (χ2n) is 4.78. The molecule has 0 radical (unpaired) electrons. The van der Waals surface area contributed by atoms with E-state index in [1.807, 2.05) is 36.5 Å². The summed E-state index contributed by atoms with van der Waals surface area (Å²) in [6.07, 6.45) is 2.87. The van der Waals surface area contributed by atoms with Crippen molar-refractivity contribution in [3.8, 4) is 11.8 Å². The SMILES string of the molecule is NC(C#Cc1ccccc1)C1=NNC2CC=NCC12. The van der Waals surface area contributed by atoms with Crippen molar-refractivity contribution in [1.82, 2.24) is 5.43 Å². The van der Waals surface area contributed by atoms with E-state index in [2.05, 4.69) is 27.4 Å². The van der Waals surface area contributed by atoms with Crippen LogP contribution in [-0.4, -0.2) is 30.6 Å². The number of rotatable bonds is 1. The van der Waals surface area contributed by atoms with Crippen molar-refractivity contribution in [3.05, 3.63) is 35.9 Å². The molecule has 1 aromatic rings. The van der Waals surface area contributed by atoms with Crippen molar-refractivity contribution >= 4 is 11.9 Å². The molecule has 3 unspecified atom stereocenters. The van der Waals surface area contributed by atoms with E-state index in [0.29, 0.717) is 12.0 Å². The highest BCUT2D eigenvalue weighted by Crippen LogP contribution is 2.20. The van der Waals surface area contributed by atoms with E-state index in [0.717, 1.165) is 24.2 Å². The predicted molar refractivity (Wildman–Crippen MR) is 77.1 cm³/mol. The molecule has 4 heteroatoms. The Hall–Kier alpha value is -2.12. The van der Waals surface area contributed by atoms with Gasteiger partial charge in [-0.25, -0.2) is 0 Å². The molecule has 0 aromatic heterocycles. The summed E-state index contributed by atoms with van der Waals surface area (Å²) in [4.78, 5) is 4.32. The number of aliphatic imine (C=N–C) groups is 1. The van der Waals surface area contributed by atoms with Crippen molar-refractivity contribution in [2.45, 2.75) is 18.5 Å². The molecular weight excluding hydrogens is 236 g/mol. The van der Waals surface area contributed by atoms with Gasteiger partial charge in [0.2, 0.25) is 0 Å². The van der Waals surface area contributed by atoms with E-state index in [1.54, 1.807) is 0 Å². The molecule has 2 aliphatic rings. The highest BCUT2D eigenvalue weighted by molar-refractivity contribution is 5.96. The summed E-state index contributed by atoms with van der Waals surface area (Å²) in [6, 6.07) is 9.88. The fourth-order valence-corrected chi connectivity index (χ4v) is 2.41. The number of benzene rings is 1. The Labute approximate surface area is 112 Å². The van der Waals surface area contributed by atoms with Crippen molar-refractivity contribution in [2.24, 2.45) is 21.7 Å². The van der Waals surface area contributed by atoms with Gasteiger partial charge in [0.15, 0.2) is 0 Å². The highest BCUT2D eigenvalue weighted by atomic mass is 15.3. The lowest BCUT2D eigenvalue weighted by atomic mass is 9.89. The minimum absolute atomic E-state index is 0.296. The maximum atomic E-state index is 6.14. The first kappa shape index (κ1) is 11.9. The summed E-state index contributed by atoms with van der Waals surface area (Å²) in [6.45, 7) is 0.761. The molecule has 0 saturated heterocycles. The Balaban J connectivity index is 1.73. The number of nitrogens with two attached hydrogens (primary N) is 1. The summed E-state index contributed by atoms with van der Waals surface area (Å²) in [5.41, 5.74) is 11.2. The molecule has 0 fully saturated rings. The third kappa shape index (κ3) is 2.51. The zero-order valence-corrected chi connectivity index (χ0v) is 10.6. The molecule has 19 heavy (non-hydrogen) atoms. The van der Waals surface area contributed by atoms with Gasteiger partial charge in [0.05, 0.1) is 11.8 Å². The number of hydrogen-bond donors (Lipinski definition) is 2. The van der Waals surface area contributed by atoms with Crippen LogP contribution in [0.2, 0.25) is 0 Å². The van der Waals surface area contributed by atoms with Crippen LogP contribution in [0.25, 0.3) is 0 Å². The van der Waals surface area contributed by atoms with Gasteiger partial charge >= 0.3 is 0 Å². The van der Waals surface area contributed by atoms with Crippen LogP contribution in [0.3, 0.4) is 0 Å². The van der Waals surface area contributed by atoms with Crippen LogP contribution in [0.15, 0.2) is 40.4 Å². The molecule has 0 bridgehead atoms. The van der Waals surface area contributed by atoms with Crippen LogP contribution in [-0.2, 0) is 0 Å². The van der Waals surface area contributed by atoms with Crippen LogP contribution in [0, 0.1) is 17.8 Å². The average Bonchev–Trinajstić information content (AvgIpc) is 2.90. The van der Waals surface area contributed by atoms with Crippen LogP contribution >= 0.6 is 0 Å². The molecule has 3 rings (SSSR count). The Kier molecular flexibility index (Phi) is 3.30. The third-order valence-electron chi connectivity index (χ3n) is 3.48. The third-order valence-corrected chi connectivity index (χ3v) is 3.48. The second-order valence-corrected chi connectivity index (χ2v) is 4.78. The Morgan fingerprint density at radius 2 is 2.16 bits per heavy atom. The van der Waals surface area contributed by atoms with Gasteiger partial charge in [-0.1, -0.05) is 30.0 Å². The largest absolute Gasteiger partial charge is 0.313 e. The molecule has 0 saturated carbocycles. The number of fused-ring (bicyclic) bond motifs is 1. The molecule has 2 heterocycles. The molecule has 0 aliphatic carbocycles. The smallest absolute Gasteiger partial charge is 0.108 e. The highest BCUT2D eigenvalue weighted by Gasteiger charge is 2.34. The Morgan fingerprint density at radius 1 is 1.32 bits per heavy atom. The summed E-state index contributed by atoms with van der Waals surface area (Å²) < 4.78 is 0. The van der Waals surface area contributed by atoms with Gasteiger partial charge in [-0.05, 0) is 12.1 Å². The van der Waals surface area contributed by atoms with Gasteiger partial charge in [-0.2, -0.15) is 5.10 Å². The second kappa shape index (κ2) is 5.25. The summed E-state index contributed by atoms with van der Waals surface area (Å²) in [5.74, 6) is 6.47. The Bertz CT molecular complexity index is 565. The molecular formula is C15H16N4. The monoisotopic (exact) mass is 252 g/mol. The fraction of sp³-hybridized carbons (Fsp3) is 0.333. The molecule has 0 spiro atoms. The quantitative estimate of drug-likeness (QED) is 0.726. The molecule has 0 amide bonds. The minimum atomic E-state index is -0.323. The zero-order valence-electron chi connectivity index (χ0n) is 10.6. The van der Waals surface area contributed by atoms with Crippen molar-refractivity contribution in [2.75, 3.05) is 6.54 Å². The van der Waals surface area contributed by atoms with Crippen LogP contribution in [0.4, 0.5) is 0 Å². The standard InChI is InChI=1S/C15H16N4/c16-13(7-6-11-4-2-1-3-5-11)15-12-10-17-9-8-14(12)18-19-15/h1-5,9,12-14,18H,8,10,16H2. The first-order valence-corrected chi connectivity index (χ1v) is 6.48. The van der Waals surface area contributed by atoms with Crippen LogP contribution in [0.5, 0.6) is 0 Å². The summed E-state index contributed by atoms with van der Waals surface area (Å²) in [5, 5.41) is 4.35. The predicted octanol–water partition coefficient (Wildman–Crippen LogP) is 0.784. The first-order chi connectivity index (χ1) is 9.34. The van der Waals surface area contributed by atoms with Gasteiger partial charge in [-0.3, -0.25) is 4.99 Å². The molecule has 96 valence electrons. The van der Waals surface area contributed by atoms with Crippen LogP contribution in [0.1, 0.15) is 12.0 Å². The lowest BCUT2D eigenvalue weighted by molar-refractivity contribution is 0.482. The van der Waals surface area contributed by atoms with E-state index in [1.165, 1.54) is 0 Å². The first-order valence-electron chi connectivity index (χ1n) is 6.48. The maximum absolute atomic E-state index is 6.14. The molecule has 3 N–H and O–H groups in total. The molecule has 2 aliphatic heterocycles. The van der Waals surface area contributed by atoms with Gasteiger partial charge < -0.3 is 11.2 Å².